The Morgan fingerprint density at radius 1 is 0.818 bits per heavy atom. The molecule has 0 fully saturated rings. The van der Waals surface area contributed by atoms with Gasteiger partial charge in [-0.3, -0.25) is 0 Å². The minimum Gasteiger partial charge on any atom is -0.237 e. The first-order chi connectivity index (χ1) is 10.8. The van der Waals surface area contributed by atoms with Crippen LogP contribution in [-0.2, 0) is 0 Å². The smallest absolute Gasteiger partial charge is 0.117 e. The maximum atomic E-state index is 4.63. The van der Waals surface area contributed by atoms with Gasteiger partial charge in [-0.1, -0.05) is 12.1 Å². The van der Waals surface area contributed by atoms with Crippen molar-refractivity contribution in [3.05, 3.63) is 63.3 Å². The molecule has 0 aliphatic heterocycles. The highest BCUT2D eigenvalue weighted by atomic mass is 32.1. The van der Waals surface area contributed by atoms with Crippen molar-refractivity contribution in [2.24, 2.45) is 0 Å². The molecule has 4 rings (SSSR count). The quantitative estimate of drug-likeness (QED) is 0.411. The Balaban J connectivity index is 1.59. The molecule has 0 spiro atoms. The van der Waals surface area contributed by atoms with Crippen LogP contribution in [0.3, 0.4) is 0 Å². The molecule has 4 aromatic rings. The van der Waals surface area contributed by atoms with E-state index in [4.69, 9.17) is 0 Å². The minimum atomic E-state index is 1.06. The number of para-hydroxylation sites is 1. The molecule has 0 saturated carbocycles. The highest BCUT2D eigenvalue weighted by Gasteiger charge is 2.04. The molecule has 1 aromatic carbocycles. The lowest BCUT2D eigenvalue weighted by molar-refractivity contribution is 1.47. The zero-order valence-corrected chi connectivity index (χ0v) is 14.4. The van der Waals surface area contributed by atoms with Crippen molar-refractivity contribution < 1.29 is 0 Å². The maximum absolute atomic E-state index is 4.63. The van der Waals surface area contributed by atoms with Crippen molar-refractivity contribution in [3.8, 4) is 9.75 Å². The van der Waals surface area contributed by atoms with Crippen molar-refractivity contribution in [2.75, 3.05) is 0 Å². The molecule has 0 saturated heterocycles. The molecule has 0 aliphatic rings. The van der Waals surface area contributed by atoms with Gasteiger partial charge in [0.2, 0.25) is 0 Å². The molecule has 4 heteroatoms. The van der Waals surface area contributed by atoms with Gasteiger partial charge < -0.3 is 0 Å². The van der Waals surface area contributed by atoms with Crippen LogP contribution >= 0.6 is 34.0 Å². The monoisotopic (exact) mass is 339 g/mol. The van der Waals surface area contributed by atoms with Gasteiger partial charge in [0.15, 0.2) is 0 Å². The number of hydrogen-bond donors (Lipinski definition) is 0. The number of aromatic nitrogens is 1. The van der Waals surface area contributed by atoms with E-state index < -0.39 is 0 Å². The van der Waals surface area contributed by atoms with Gasteiger partial charge in [-0.25, -0.2) is 4.98 Å². The first-order valence-electron chi connectivity index (χ1n) is 6.98. The fraction of sp³-hybridized carbons (Fsp3) is 0.0556. The van der Waals surface area contributed by atoms with Crippen LogP contribution in [0.2, 0.25) is 0 Å². The molecule has 0 aliphatic carbocycles. The molecule has 3 aromatic heterocycles. The molecular weight excluding hydrogens is 326 g/mol. The van der Waals surface area contributed by atoms with Gasteiger partial charge in [-0.2, -0.15) is 0 Å². The molecular formula is C18H13NS3. The molecule has 0 unspecified atom stereocenters. The summed E-state index contributed by atoms with van der Waals surface area (Å²) in [5.74, 6) is 0. The Morgan fingerprint density at radius 3 is 2.45 bits per heavy atom. The lowest BCUT2D eigenvalue weighted by atomic mass is 10.3. The highest BCUT2D eigenvalue weighted by molar-refractivity contribution is 7.22. The van der Waals surface area contributed by atoms with Crippen LogP contribution < -0.4 is 0 Å². The fourth-order valence-corrected chi connectivity index (χ4v) is 5.00. The van der Waals surface area contributed by atoms with E-state index in [1.807, 2.05) is 28.7 Å². The summed E-state index contributed by atoms with van der Waals surface area (Å²) < 4.78 is 1.24. The average Bonchev–Trinajstić information content (AvgIpc) is 3.23. The van der Waals surface area contributed by atoms with Crippen molar-refractivity contribution in [3.63, 3.8) is 0 Å². The summed E-state index contributed by atoms with van der Waals surface area (Å²) in [6.07, 6.45) is 4.27. The molecule has 22 heavy (non-hydrogen) atoms. The van der Waals surface area contributed by atoms with Crippen molar-refractivity contribution in [1.82, 2.24) is 4.98 Å². The number of fused-ring (bicyclic) bond motifs is 1. The lowest BCUT2D eigenvalue weighted by Crippen LogP contribution is -1.67. The standard InChI is InChI=1S/C18H13NS3/c1-12-6-9-16(20-12)17-10-7-13(21-17)8-11-18-19-14-4-2-3-5-15(14)22-18/h2-11H,1H3/b11-8+. The highest BCUT2D eigenvalue weighted by Crippen LogP contribution is 2.34. The Labute approximate surface area is 141 Å². The Morgan fingerprint density at radius 2 is 1.64 bits per heavy atom. The summed E-state index contributed by atoms with van der Waals surface area (Å²) in [4.78, 5) is 9.94. The third kappa shape index (κ3) is 2.77. The van der Waals surface area contributed by atoms with Crippen LogP contribution in [0.15, 0.2) is 48.5 Å². The summed E-state index contributed by atoms with van der Waals surface area (Å²) >= 11 is 5.41. The van der Waals surface area contributed by atoms with E-state index in [0.29, 0.717) is 0 Å². The van der Waals surface area contributed by atoms with Crippen LogP contribution in [0, 0.1) is 6.92 Å². The summed E-state index contributed by atoms with van der Waals surface area (Å²) in [5.41, 5.74) is 1.08. The molecule has 0 radical (unpaired) electrons. The second kappa shape index (κ2) is 5.80. The van der Waals surface area contributed by atoms with Gasteiger partial charge >= 0.3 is 0 Å². The largest absolute Gasteiger partial charge is 0.237 e. The second-order valence-corrected chi connectivity index (χ2v) is 8.43. The molecule has 0 atom stereocenters. The van der Waals surface area contributed by atoms with Crippen LogP contribution in [0.5, 0.6) is 0 Å². The molecule has 0 N–H and O–H groups in total. The number of benzene rings is 1. The number of hydrogen-bond acceptors (Lipinski definition) is 4. The normalized spacial score (nSPS) is 11.7. The van der Waals surface area contributed by atoms with Gasteiger partial charge in [0.05, 0.1) is 10.2 Å². The number of aryl methyl sites for hydroxylation is 1. The fourth-order valence-electron chi connectivity index (χ4n) is 2.26. The van der Waals surface area contributed by atoms with Gasteiger partial charge in [-0.05, 0) is 55.5 Å². The van der Waals surface area contributed by atoms with E-state index in [2.05, 4.69) is 66.5 Å². The topological polar surface area (TPSA) is 12.9 Å². The third-order valence-electron chi connectivity index (χ3n) is 3.31. The number of nitrogens with zero attached hydrogens (tertiary/aromatic N) is 1. The maximum Gasteiger partial charge on any atom is 0.117 e. The lowest BCUT2D eigenvalue weighted by Gasteiger charge is -1.88. The summed E-state index contributed by atoms with van der Waals surface area (Å²) in [6.45, 7) is 2.15. The van der Waals surface area contributed by atoms with Crippen molar-refractivity contribution in [1.29, 1.82) is 0 Å². The summed E-state index contributed by atoms with van der Waals surface area (Å²) in [7, 11) is 0. The number of thiazole rings is 1. The van der Waals surface area contributed by atoms with E-state index >= 15 is 0 Å². The van der Waals surface area contributed by atoms with Crippen LogP contribution in [-0.4, -0.2) is 4.98 Å². The zero-order chi connectivity index (χ0) is 14.9. The number of rotatable bonds is 3. The van der Waals surface area contributed by atoms with Gasteiger partial charge in [0.25, 0.3) is 0 Å². The van der Waals surface area contributed by atoms with Gasteiger partial charge in [-0.15, -0.1) is 34.0 Å². The SMILES string of the molecule is Cc1ccc(-c2ccc(/C=C/c3nc4ccccc4s3)s2)s1. The van der Waals surface area contributed by atoms with Gasteiger partial charge in [0.1, 0.15) is 5.01 Å². The molecule has 3 heterocycles. The van der Waals surface area contributed by atoms with Gasteiger partial charge in [0, 0.05) is 19.5 Å². The van der Waals surface area contributed by atoms with Crippen LogP contribution in [0.1, 0.15) is 14.8 Å². The van der Waals surface area contributed by atoms with E-state index in [0.717, 1.165) is 10.5 Å². The predicted octanol–water partition coefficient (Wildman–Crippen LogP) is 6.57. The van der Waals surface area contributed by atoms with Crippen LogP contribution in [0.4, 0.5) is 0 Å². The first-order valence-corrected chi connectivity index (χ1v) is 9.43. The van der Waals surface area contributed by atoms with E-state index in [1.165, 1.54) is 24.2 Å². The van der Waals surface area contributed by atoms with E-state index in [1.54, 1.807) is 11.3 Å². The average molecular weight is 340 g/mol. The van der Waals surface area contributed by atoms with E-state index in [-0.39, 0.29) is 0 Å². The molecule has 0 amide bonds. The van der Waals surface area contributed by atoms with Crippen molar-refractivity contribution in [2.45, 2.75) is 6.92 Å². The molecule has 0 bridgehead atoms. The number of thiophene rings is 2. The van der Waals surface area contributed by atoms with Crippen LogP contribution in [0.25, 0.3) is 32.1 Å². The Hall–Kier alpha value is -1.75. The summed E-state index contributed by atoms with van der Waals surface area (Å²) in [6, 6.07) is 17.0. The third-order valence-corrected chi connectivity index (χ3v) is 6.56. The van der Waals surface area contributed by atoms with E-state index in [9.17, 15) is 0 Å². The minimum absolute atomic E-state index is 1.06. The molecule has 1 nitrogen and oxygen atoms in total. The Bertz CT molecular complexity index is 922. The Kier molecular flexibility index (Phi) is 3.66. The van der Waals surface area contributed by atoms with Crippen molar-refractivity contribution >= 4 is 56.4 Å². The second-order valence-electron chi connectivity index (χ2n) is 4.97. The summed E-state index contributed by atoms with van der Waals surface area (Å²) in [5, 5.41) is 1.06. The zero-order valence-electron chi connectivity index (χ0n) is 11.9. The first kappa shape index (κ1) is 13.9. The predicted molar refractivity (Wildman–Crippen MR) is 101 cm³/mol. The molecule has 108 valence electrons.